The van der Waals surface area contributed by atoms with Crippen molar-refractivity contribution in [1.82, 2.24) is 14.9 Å². The van der Waals surface area contributed by atoms with Crippen molar-refractivity contribution in [2.45, 2.75) is 30.7 Å². The zero-order valence-corrected chi connectivity index (χ0v) is 17.1. The molecule has 3 rings (SSSR count). The Morgan fingerprint density at radius 2 is 2.00 bits per heavy atom. The Hall–Kier alpha value is -2.91. The van der Waals surface area contributed by atoms with Crippen LogP contribution in [0.5, 0.6) is 5.75 Å². The van der Waals surface area contributed by atoms with Crippen LogP contribution in [0.3, 0.4) is 0 Å². The van der Waals surface area contributed by atoms with Gasteiger partial charge in [-0.3, -0.25) is 10.1 Å². The lowest BCUT2D eigenvalue weighted by atomic mass is 10.2. The molecule has 0 aliphatic rings. The van der Waals surface area contributed by atoms with Crippen molar-refractivity contribution >= 4 is 35.3 Å². The predicted molar refractivity (Wildman–Crippen MR) is 111 cm³/mol. The fourth-order valence-electron chi connectivity index (χ4n) is 2.49. The molecule has 1 heterocycles. The van der Waals surface area contributed by atoms with Crippen LogP contribution >= 0.6 is 23.4 Å². The quantitative estimate of drug-likeness (QED) is 0.231. The van der Waals surface area contributed by atoms with Gasteiger partial charge in [0.05, 0.1) is 11.1 Å². The number of benzene rings is 2. The van der Waals surface area contributed by atoms with E-state index < -0.39 is 16.4 Å². The van der Waals surface area contributed by atoms with E-state index in [9.17, 15) is 15.2 Å². The van der Waals surface area contributed by atoms with Gasteiger partial charge in [0.2, 0.25) is 5.16 Å². The van der Waals surface area contributed by atoms with Crippen molar-refractivity contribution in [2.75, 3.05) is 0 Å². The Morgan fingerprint density at radius 1 is 1.24 bits per heavy atom. The number of aromatic nitrogens is 3. The molecule has 0 saturated heterocycles. The minimum atomic E-state index is -0.700. The molecule has 0 aliphatic carbocycles. The highest BCUT2D eigenvalue weighted by Gasteiger charge is 2.12. The molecular formula is C19H17ClN5O3S-. The maximum atomic E-state index is 11.6. The zero-order valence-electron chi connectivity index (χ0n) is 15.5. The van der Waals surface area contributed by atoms with E-state index in [1.807, 2.05) is 31.2 Å². The zero-order chi connectivity index (χ0) is 20.8. The Labute approximate surface area is 176 Å². The molecule has 0 atom stereocenters. The number of halogens is 1. The predicted octanol–water partition coefficient (Wildman–Crippen LogP) is 4.04. The molecule has 0 unspecified atom stereocenters. The molecule has 10 heteroatoms. The van der Waals surface area contributed by atoms with E-state index in [0.29, 0.717) is 33.7 Å². The van der Waals surface area contributed by atoms with Crippen LogP contribution in [0.15, 0.2) is 52.7 Å². The largest absolute Gasteiger partial charge is 0.868 e. The third-order valence-electron chi connectivity index (χ3n) is 3.93. The molecule has 150 valence electrons. The van der Waals surface area contributed by atoms with Gasteiger partial charge in [0.1, 0.15) is 0 Å². The first-order chi connectivity index (χ1) is 14.0. The second-order valence-corrected chi connectivity index (χ2v) is 7.48. The normalized spacial score (nSPS) is 11.2. The summed E-state index contributed by atoms with van der Waals surface area (Å²) in [6, 6.07) is 11.4. The van der Waals surface area contributed by atoms with E-state index in [1.165, 1.54) is 30.1 Å². The molecule has 0 fully saturated rings. The van der Waals surface area contributed by atoms with Crippen LogP contribution in [0.25, 0.3) is 0 Å². The van der Waals surface area contributed by atoms with Gasteiger partial charge in [-0.05, 0) is 29.9 Å². The van der Waals surface area contributed by atoms with Crippen molar-refractivity contribution in [1.29, 1.82) is 0 Å². The molecule has 1 aromatic heterocycles. The summed E-state index contributed by atoms with van der Waals surface area (Å²) < 4.78 is 1.63. The van der Waals surface area contributed by atoms with Crippen LogP contribution in [0, 0.1) is 10.1 Å². The van der Waals surface area contributed by atoms with Crippen molar-refractivity contribution in [3.63, 3.8) is 0 Å². The Kier molecular flexibility index (Phi) is 6.84. The van der Waals surface area contributed by atoms with Crippen LogP contribution in [0.1, 0.15) is 30.3 Å². The van der Waals surface area contributed by atoms with E-state index in [2.05, 4.69) is 15.3 Å². The van der Waals surface area contributed by atoms with Crippen LogP contribution < -0.4 is 5.11 Å². The molecule has 0 N–H and O–H groups in total. The second kappa shape index (κ2) is 9.53. The van der Waals surface area contributed by atoms with Crippen molar-refractivity contribution in [3.8, 4) is 5.75 Å². The lowest BCUT2D eigenvalue weighted by Gasteiger charge is -2.07. The lowest BCUT2D eigenvalue weighted by Crippen LogP contribution is -2.01. The molecule has 0 spiro atoms. The van der Waals surface area contributed by atoms with E-state index in [-0.39, 0.29) is 0 Å². The first-order valence-electron chi connectivity index (χ1n) is 8.79. The number of aryl methyl sites for hydroxylation is 1. The van der Waals surface area contributed by atoms with Crippen LogP contribution in [0.2, 0.25) is 5.02 Å². The smallest absolute Gasteiger partial charge is 0.262 e. The highest BCUT2D eigenvalue weighted by atomic mass is 35.5. The molecule has 29 heavy (non-hydrogen) atoms. The fourth-order valence-corrected chi connectivity index (χ4v) is 3.48. The maximum Gasteiger partial charge on any atom is 0.262 e. The molecule has 0 bridgehead atoms. The van der Waals surface area contributed by atoms with Crippen molar-refractivity contribution in [2.24, 2.45) is 5.10 Å². The molecule has 0 aliphatic heterocycles. The molecule has 0 radical (unpaired) electrons. The average molecular weight is 431 g/mol. The maximum absolute atomic E-state index is 11.6. The highest BCUT2D eigenvalue weighted by Crippen LogP contribution is 2.25. The van der Waals surface area contributed by atoms with E-state index in [1.54, 1.807) is 4.68 Å². The van der Waals surface area contributed by atoms with Crippen LogP contribution in [-0.4, -0.2) is 26.0 Å². The number of nitrogens with zero attached hydrogens (tertiary/aromatic N) is 5. The number of rotatable bonds is 8. The van der Waals surface area contributed by atoms with Crippen molar-refractivity contribution in [3.05, 3.63) is 74.6 Å². The van der Waals surface area contributed by atoms with Gasteiger partial charge in [0, 0.05) is 28.8 Å². The molecule has 8 nitrogen and oxygen atoms in total. The van der Waals surface area contributed by atoms with Gasteiger partial charge >= 0.3 is 0 Å². The summed E-state index contributed by atoms with van der Waals surface area (Å²) in [4.78, 5) is 10.3. The Bertz CT molecular complexity index is 1040. The van der Waals surface area contributed by atoms with E-state index in [4.69, 9.17) is 11.6 Å². The standard InChI is InChI=1S/C19H18ClN5O3S/c1-2-3-18-22-23-19(29-12-13-4-7-15(20)8-5-13)24(18)21-11-14-6-9-17(26)16(10-14)25(27)28/h4-11,26H,2-3,12H2,1H3/p-1/b21-11-. The third-order valence-corrected chi connectivity index (χ3v) is 5.18. The summed E-state index contributed by atoms with van der Waals surface area (Å²) in [6.45, 7) is 2.03. The van der Waals surface area contributed by atoms with E-state index >= 15 is 0 Å². The molecule has 0 saturated carbocycles. The number of thioether (sulfide) groups is 1. The summed E-state index contributed by atoms with van der Waals surface area (Å²) >= 11 is 7.39. The lowest BCUT2D eigenvalue weighted by molar-refractivity contribution is -0.398. The van der Waals surface area contributed by atoms with Gasteiger partial charge < -0.3 is 5.11 Å². The summed E-state index contributed by atoms with van der Waals surface area (Å²) in [5.74, 6) is 0.715. The number of nitro groups is 1. The first kappa shape index (κ1) is 20.8. The summed E-state index contributed by atoms with van der Waals surface area (Å²) in [5, 5.41) is 36.6. The van der Waals surface area contributed by atoms with Crippen LogP contribution in [0.4, 0.5) is 5.69 Å². The molecular weight excluding hydrogens is 414 g/mol. The number of nitro benzene ring substituents is 1. The summed E-state index contributed by atoms with van der Waals surface area (Å²) in [6.07, 6.45) is 3.01. The fraction of sp³-hybridized carbons (Fsp3) is 0.211. The SMILES string of the molecule is CCCc1nnc(SCc2ccc(Cl)cc2)n1/N=C\c1ccc([O-])c([N+](=O)[O-])c1. The number of hydrogen-bond acceptors (Lipinski definition) is 7. The minimum Gasteiger partial charge on any atom is -0.868 e. The second-order valence-electron chi connectivity index (χ2n) is 6.10. The molecule has 2 aromatic carbocycles. The van der Waals surface area contributed by atoms with Gasteiger partial charge in [-0.15, -0.1) is 10.2 Å². The summed E-state index contributed by atoms with van der Waals surface area (Å²) in [5.41, 5.74) is 1.04. The van der Waals surface area contributed by atoms with Gasteiger partial charge in [-0.1, -0.05) is 54.6 Å². The molecule has 3 aromatic rings. The highest BCUT2D eigenvalue weighted by molar-refractivity contribution is 7.98. The monoisotopic (exact) mass is 430 g/mol. The van der Waals surface area contributed by atoms with Gasteiger partial charge in [0.15, 0.2) is 5.82 Å². The Morgan fingerprint density at radius 3 is 2.69 bits per heavy atom. The summed E-state index contributed by atoms with van der Waals surface area (Å²) in [7, 11) is 0. The topological polar surface area (TPSA) is 109 Å². The van der Waals surface area contributed by atoms with Gasteiger partial charge in [0.25, 0.3) is 5.69 Å². The number of hydrogen-bond donors (Lipinski definition) is 0. The first-order valence-corrected chi connectivity index (χ1v) is 10.2. The van der Waals surface area contributed by atoms with Gasteiger partial charge in [-0.25, -0.2) is 0 Å². The van der Waals surface area contributed by atoms with Crippen LogP contribution in [-0.2, 0) is 12.2 Å². The molecule has 0 amide bonds. The average Bonchev–Trinajstić information content (AvgIpc) is 3.08. The van der Waals surface area contributed by atoms with Crippen molar-refractivity contribution < 1.29 is 10.0 Å². The minimum absolute atomic E-state index is 0.445. The van der Waals surface area contributed by atoms with Gasteiger partial charge in [-0.2, -0.15) is 9.78 Å². The third kappa shape index (κ3) is 5.33. The Balaban J connectivity index is 1.84. The van der Waals surface area contributed by atoms with E-state index in [0.717, 1.165) is 18.1 Å².